The molecule has 1 aliphatic carbocycles. The summed E-state index contributed by atoms with van der Waals surface area (Å²) in [6.07, 6.45) is 4.93. The largest absolute Gasteiger partial charge is 0.469 e. The van der Waals surface area contributed by atoms with Crippen molar-refractivity contribution in [3.05, 3.63) is 0 Å². The fourth-order valence-electron chi connectivity index (χ4n) is 2.34. The SMILES string of the molecule is COC(=O)[C@H]1CC[C@H](CNC(=O)CCCCl)CC1. The topological polar surface area (TPSA) is 55.4 Å². The minimum atomic E-state index is -0.0976. The molecule has 4 nitrogen and oxygen atoms in total. The van der Waals surface area contributed by atoms with Crippen molar-refractivity contribution < 1.29 is 14.3 Å². The molecule has 0 aliphatic heterocycles. The maximum Gasteiger partial charge on any atom is 0.308 e. The van der Waals surface area contributed by atoms with Gasteiger partial charge in [-0.3, -0.25) is 9.59 Å². The van der Waals surface area contributed by atoms with Gasteiger partial charge in [0.25, 0.3) is 0 Å². The van der Waals surface area contributed by atoms with E-state index in [1.54, 1.807) is 0 Å². The highest BCUT2D eigenvalue weighted by atomic mass is 35.5. The van der Waals surface area contributed by atoms with Gasteiger partial charge in [0.1, 0.15) is 0 Å². The molecular formula is C13H22ClNO3. The molecule has 0 bridgehead atoms. The van der Waals surface area contributed by atoms with Gasteiger partial charge >= 0.3 is 5.97 Å². The lowest BCUT2D eigenvalue weighted by Crippen LogP contribution is -2.32. The van der Waals surface area contributed by atoms with E-state index in [-0.39, 0.29) is 17.8 Å². The summed E-state index contributed by atoms with van der Waals surface area (Å²) in [4.78, 5) is 22.8. The normalized spacial score (nSPS) is 23.4. The Labute approximate surface area is 113 Å². The second-order valence-electron chi connectivity index (χ2n) is 4.84. The predicted octanol–water partition coefficient (Wildman–Crippen LogP) is 2.10. The van der Waals surface area contributed by atoms with E-state index in [9.17, 15) is 9.59 Å². The van der Waals surface area contributed by atoms with Gasteiger partial charge in [0.05, 0.1) is 13.0 Å². The van der Waals surface area contributed by atoms with Crippen LogP contribution in [0.2, 0.25) is 0 Å². The first-order valence-electron chi connectivity index (χ1n) is 6.57. The fraction of sp³-hybridized carbons (Fsp3) is 0.846. The lowest BCUT2D eigenvalue weighted by atomic mass is 9.82. The second-order valence-corrected chi connectivity index (χ2v) is 5.22. The van der Waals surface area contributed by atoms with Crippen LogP contribution >= 0.6 is 11.6 Å². The van der Waals surface area contributed by atoms with E-state index < -0.39 is 0 Å². The minimum absolute atomic E-state index is 0.0539. The van der Waals surface area contributed by atoms with Crippen molar-refractivity contribution in [2.24, 2.45) is 11.8 Å². The van der Waals surface area contributed by atoms with Crippen molar-refractivity contribution in [1.82, 2.24) is 5.32 Å². The van der Waals surface area contributed by atoms with Crippen molar-refractivity contribution in [1.29, 1.82) is 0 Å². The predicted molar refractivity (Wildman–Crippen MR) is 70.4 cm³/mol. The smallest absolute Gasteiger partial charge is 0.308 e. The van der Waals surface area contributed by atoms with Crippen LogP contribution in [0.4, 0.5) is 0 Å². The number of halogens is 1. The van der Waals surface area contributed by atoms with E-state index in [0.717, 1.165) is 38.6 Å². The summed E-state index contributed by atoms with van der Waals surface area (Å²) in [7, 11) is 1.44. The Hall–Kier alpha value is -0.770. The van der Waals surface area contributed by atoms with Crippen LogP contribution in [0.3, 0.4) is 0 Å². The standard InChI is InChI=1S/C13H22ClNO3/c1-18-13(17)11-6-4-10(5-7-11)9-15-12(16)3-2-8-14/h10-11H,2-9H2,1H3,(H,15,16)/t10-,11-. The highest BCUT2D eigenvalue weighted by Crippen LogP contribution is 2.29. The Morgan fingerprint density at radius 2 is 1.94 bits per heavy atom. The minimum Gasteiger partial charge on any atom is -0.469 e. The van der Waals surface area contributed by atoms with Crippen LogP contribution in [0, 0.1) is 11.8 Å². The molecule has 0 spiro atoms. The zero-order valence-corrected chi connectivity index (χ0v) is 11.7. The zero-order chi connectivity index (χ0) is 13.4. The molecule has 0 radical (unpaired) electrons. The number of nitrogens with one attached hydrogen (secondary N) is 1. The number of methoxy groups -OCH3 is 1. The highest BCUT2D eigenvalue weighted by molar-refractivity contribution is 6.17. The second kappa shape index (κ2) is 8.35. The number of alkyl halides is 1. The third kappa shape index (κ3) is 5.25. The van der Waals surface area contributed by atoms with Crippen LogP contribution in [0.1, 0.15) is 38.5 Å². The Balaban J connectivity index is 2.15. The van der Waals surface area contributed by atoms with Gasteiger partial charge in [0.15, 0.2) is 0 Å². The van der Waals surface area contributed by atoms with E-state index in [1.165, 1.54) is 7.11 Å². The molecule has 5 heteroatoms. The molecule has 1 saturated carbocycles. The van der Waals surface area contributed by atoms with Gasteiger partial charge in [0, 0.05) is 18.8 Å². The molecule has 1 N–H and O–H groups in total. The van der Waals surface area contributed by atoms with Crippen LogP contribution in [-0.2, 0) is 14.3 Å². The summed E-state index contributed by atoms with van der Waals surface area (Å²) in [5.41, 5.74) is 0. The molecule has 0 aromatic heterocycles. The molecule has 1 fully saturated rings. The van der Waals surface area contributed by atoms with Gasteiger partial charge in [-0.15, -0.1) is 11.6 Å². The highest BCUT2D eigenvalue weighted by Gasteiger charge is 2.26. The van der Waals surface area contributed by atoms with E-state index in [2.05, 4.69) is 5.32 Å². The molecule has 0 unspecified atom stereocenters. The third-order valence-corrected chi connectivity index (χ3v) is 3.77. The molecule has 18 heavy (non-hydrogen) atoms. The number of amides is 1. The molecule has 1 rings (SSSR count). The lowest BCUT2D eigenvalue weighted by Gasteiger charge is -2.26. The first-order chi connectivity index (χ1) is 8.67. The van der Waals surface area contributed by atoms with Crippen LogP contribution in [0.25, 0.3) is 0 Å². The zero-order valence-electron chi connectivity index (χ0n) is 10.9. The molecule has 1 amide bonds. The third-order valence-electron chi connectivity index (χ3n) is 3.51. The van der Waals surface area contributed by atoms with Crippen LogP contribution in [-0.4, -0.2) is 31.4 Å². The van der Waals surface area contributed by atoms with Crippen molar-refractivity contribution in [3.8, 4) is 0 Å². The maximum atomic E-state index is 11.4. The molecular weight excluding hydrogens is 254 g/mol. The van der Waals surface area contributed by atoms with Crippen molar-refractivity contribution in [3.63, 3.8) is 0 Å². The van der Waals surface area contributed by atoms with Crippen molar-refractivity contribution >= 4 is 23.5 Å². The van der Waals surface area contributed by atoms with Crippen molar-refractivity contribution in [2.75, 3.05) is 19.5 Å². The number of ether oxygens (including phenoxy) is 1. The molecule has 0 atom stereocenters. The fourth-order valence-corrected chi connectivity index (χ4v) is 2.48. The van der Waals surface area contributed by atoms with Gasteiger partial charge in [-0.1, -0.05) is 0 Å². The Morgan fingerprint density at radius 3 is 2.50 bits per heavy atom. The average molecular weight is 276 g/mol. The van der Waals surface area contributed by atoms with Crippen LogP contribution < -0.4 is 5.32 Å². The summed E-state index contributed by atoms with van der Waals surface area (Å²) in [5.74, 6) is 1.05. The Morgan fingerprint density at radius 1 is 1.28 bits per heavy atom. The molecule has 0 heterocycles. The molecule has 104 valence electrons. The van der Waals surface area contributed by atoms with E-state index >= 15 is 0 Å². The van der Waals surface area contributed by atoms with Crippen molar-refractivity contribution in [2.45, 2.75) is 38.5 Å². The van der Waals surface area contributed by atoms with Crippen LogP contribution in [0.15, 0.2) is 0 Å². The summed E-state index contributed by atoms with van der Waals surface area (Å²) in [6, 6.07) is 0. The quantitative estimate of drug-likeness (QED) is 0.597. The molecule has 0 aromatic rings. The Bertz CT molecular complexity index is 275. The van der Waals surface area contributed by atoms with E-state index in [4.69, 9.17) is 16.3 Å². The first kappa shape index (κ1) is 15.3. The number of carbonyl (C=O) groups excluding carboxylic acids is 2. The molecule has 0 saturated heterocycles. The number of esters is 1. The van der Waals surface area contributed by atoms with Gasteiger partial charge in [-0.05, 0) is 38.0 Å². The van der Waals surface area contributed by atoms with E-state index in [0.29, 0.717) is 18.2 Å². The molecule has 0 aromatic carbocycles. The van der Waals surface area contributed by atoms with Gasteiger partial charge in [-0.2, -0.15) is 0 Å². The lowest BCUT2D eigenvalue weighted by molar-refractivity contribution is -0.146. The van der Waals surface area contributed by atoms with Gasteiger partial charge in [-0.25, -0.2) is 0 Å². The number of hydrogen-bond donors (Lipinski definition) is 1. The number of rotatable bonds is 6. The van der Waals surface area contributed by atoms with Crippen LogP contribution in [0.5, 0.6) is 0 Å². The summed E-state index contributed by atoms with van der Waals surface area (Å²) < 4.78 is 4.75. The Kier molecular flexibility index (Phi) is 7.09. The summed E-state index contributed by atoms with van der Waals surface area (Å²) >= 11 is 5.53. The van der Waals surface area contributed by atoms with Gasteiger partial charge < -0.3 is 10.1 Å². The monoisotopic (exact) mass is 275 g/mol. The summed E-state index contributed by atoms with van der Waals surface area (Å²) in [6.45, 7) is 0.717. The summed E-state index contributed by atoms with van der Waals surface area (Å²) in [5, 5.41) is 2.93. The first-order valence-corrected chi connectivity index (χ1v) is 7.11. The number of carbonyl (C=O) groups is 2. The molecule has 1 aliphatic rings. The van der Waals surface area contributed by atoms with Gasteiger partial charge in [0.2, 0.25) is 5.91 Å². The average Bonchev–Trinajstić information content (AvgIpc) is 2.42. The van der Waals surface area contributed by atoms with E-state index in [1.807, 2.05) is 0 Å². The number of hydrogen-bond acceptors (Lipinski definition) is 3. The maximum absolute atomic E-state index is 11.4.